The Labute approximate surface area is 125 Å². The fourth-order valence-electron chi connectivity index (χ4n) is 2.74. The van der Waals surface area contributed by atoms with E-state index in [1.54, 1.807) is 6.07 Å². The molecule has 2 rings (SSSR count). The second-order valence-electron chi connectivity index (χ2n) is 5.61. The van der Waals surface area contributed by atoms with E-state index in [0.717, 1.165) is 37.1 Å². The van der Waals surface area contributed by atoms with Crippen LogP contribution in [-0.2, 0) is 6.54 Å². The lowest BCUT2D eigenvalue weighted by atomic mass is 10.0. The van der Waals surface area contributed by atoms with Gasteiger partial charge in [-0.15, -0.1) is 0 Å². The van der Waals surface area contributed by atoms with Crippen molar-refractivity contribution in [2.45, 2.75) is 32.4 Å². The molecule has 0 aromatic heterocycles. The summed E-state index contributed by atoms with van der Waals surface area (Å²) in [7, 11) is 2.14. The van der Waals surface area contributed by atoms with E-state index in [0.29, 0.717) is 17.7 Å². The van der Waals surface area contributed by atoms with E-state index in [1.807, 2.05) is 13.0 Å². The summed E-state index contributed by atoms with van der Waals surface area (Å²) in [5.41, 5.74) is 2.06. The fraction of sp³-hybridized carbons (Fsp3) is 0.500. The van der Waals surface area contributed by atoms with E-state index >= 15 is 0 Å². The maximum absolute atomic E-state index is 13.2. The summed E-state index contributed by atoms with van der Waals surface area (Å²) in [6.45, 7) is 8.68. The van der Waals surface area contributed by atoms with Crippen molar-refractivity contribution >= 4 is 11.6 Å². The number of hydrogen-bond donors (Lipinski definition) is 0. The monoisotopic (exact) mass is 296 g/mol. The zero-order valence-electron chi connectivity index (χ0n) is 12.2. The molecular weight excluding hydrogens is 275 g/mol. The van der Waals surface area contributed by atoms with Crippen LogP contribution in [0.1, 0.15) is 24.0 Å². The number of aryl methyl sites for hydroxylation is 1. The van der Waals surface area contributed by atoms with Gasteiger partial charge >= 0.3 is 0 Å². The van der Waals surface area contributed by atoms with Gasteiger partial charge in [0.05, 0.1) is 5.16 Å². The molecule has 1 aliphatic rings. The second kappa shape index (κ2) is 6.59. The minimum absolute atomic E-state index is 0.193. The summed E-state index contributed by atoms with van der Waals surface area (Å²) >= 11 is 6.19. The van der Waals surface area contributed by atoms with Crippen LogP contribution in [0.25, 0.3) is 0 Å². The van der Waals surface area contributed by atoms with Crippen LogP contribution in [0.4, 0.5) is 4.39 Å². The normalized spacial score (nSPS) is 17.2. The minimum atomic E-state index is -0.193. The molecule has 2 nitrogen and oxygen atoms in total. The van der Waals surface area contributed by atoms with Crippen molar-refractivity contribution in [2.24, 2.45) is 0 Å². The van der Waals surface area contributed by atoms with E-state index in [9.17, 15) is 4.39 Å². The number of likely N-dealkylation sites (tertiary alicyclic amines) is 1. The third-order valence-electron chi connectivity index (χ3n) is 4.09. The summed E-state index contributed by atoms with van der Waals surface area (Å²) in [5.74, 6) is -0.193. The summed E-state index contributed by atoms with van der Waals surface area (Å²) in [5, 5.41) is 0.572. The van der Waals surface area contributed by atoms with Gasteiger partial charge in [-0.2, -0.15) is 0 Å². The molecule has 1 heterocycles. The first-order valence-corrected chi connectivity index (χ1v) is 7.40. The van der Waals surface area contributed by atoms with Crippen molar-refractivity contribution < 1.29 is 4.39 Å². The predicted octanol–water partition coefficient (Wildman–Crippen LogP) is 3.74. The Morgan fingerprint density at radius 3 is 2.65 bits per heavy atom. The average Bonchev–Trinajstić information content (AvgIpc) is 2.39. The molecule has 110 valence electrons. The van der Waals surface area contributed by atoms with E-state index in [2.05, 4.69) is 23.4 Å². The molecule has 0 spiro atoms. The molecule has 0 unspecified atom stereocenters. The highest BCUT2D eigenvalue weighted by molar-refractivity contribution is 6.28. The Morgan fingerprint density at radius 1 is 1.45 bits per heavy atom. The molecule has 1 aromatic carbocycles. The molecule has 1 fully saturated rings. The molecule has 4 heteroatoms. The molecule has 0 N–H and O–H groups in total. The molecule has 1 aromatic rings. The third-order valence-corrected chi connectivity index (χ3v) is 4.30. The van der Waals surface area contributed by atoms with Crippen LogP contribution >= 0.6 is 11.6 Å². The number of halogens is 2. The highest BCUT2D eigenvalue weighted by atomic mass is 35.5. The summed E-state index contributed by atoms with van der Waals surface area (Å²) in [6, 6.07) is 5.33. The van der Waals surface area contributed by atoms with Gasteiger partial charge in [0.15, 0.2) is 0 Å². The Hall–Kier alpha value is -1.06. The number of rotatable bonds is 4. The number of nitrogens with zero attached hydrogens (tertiary/aromatic N) is 2. The highest BCUT2D eigenvalue weighted by Crippen LogP contribution is 2.25. The van der Waals surface area contributed by atoms with E-state index in [4.69, 9.17) is 11.6 Å². The first-order valence-electron chi connectivity index (χ1n) is 7.02. The van der Waals surface area contributed by atoms with Crippen molar-refractivity contribution in [3.8, 4) is 0 Å². The SMILES string of the molecule is C=C(Cl)N(Cc1ccc(F)cc1C)C1CCN(C)CC1. The van der Waals surface area contributed by atoms with Crippen LogP contribution in [0.2, 0.25) is 0 Å². The van der Waals surface area contributed by atoms with Gasteiger partial charge in [-0.1, -0.05) is 24.2 Å². The lowest BCUT2D eigenvalue weighted by Gasteiger charge is -2.38. The molecule has 0 aliphatic carbocycles. The highest BCUT2D eigenvalue weighted by Gasteiger charge is 2.24. The molecule has 0 bridgehead atoms. The smallest absolute Gasteiger partial charge is 0.123 e. The molecule has 0 atom stereocenters. The van der Waals surface area contributed by atoms with Gasteiger partial charge in [-0.3, -0.25) is 0 Å². The van der Waals surface area contributed by atoms with Gasteiger partial charge in [-0.25, -0.2) is 4.39 Å². The molecular formula is C16H22ClFN2. The lowest BCUT2D eigenvalue weighted by Crippen LogP contribution is -2.42. The zero-order valence-corrected chi connectivity index (χ0v) is 13.0. The summed E-state index contributed by atoms with van der Waals surface area (Å²) in [4.78, 5) is 4.48. The quantitative estimate of drug-likeness (QED) is 0.781. The van der Waals surface area contributed by atoms with Crippen LogP contribution in [0, 0.1) is 12.7 Å². The van der Waals surface area contributed by atoms with E-state index in [1.165, 1.54) is 6.07 Å². The first kappa shape index (κ1) is 15.3. The zero-order chi connectivity index (χ0) is 14.7. The number of benzene rings is 1. The van der Waals surface area contributed by atoms with Gasteiger partial charge < -0.3 is 9.80 Å². The summed E-state index contributed by atoms with van der Waals surface area (Å²) in [6.07, 6.45) is 2.17. The molecule has 0 saturated carbocycles. The van der Waals surface area contributed by atoms with Crippen molar-refractivity contribution in [1.82, 2.24) is 9.80 Å². The van der Waals surface area contributed by atoms with Gasteiger partial charge in [0.1, 0.15) is 5.82 Å². The van der Waals surface area contributed by atoms with Gasteiger partial charge in [-0.05, 0) is 63.2 Å². The van der Waals surface area contributed by atoms with Crippen LogP contribution in [0.3, 0.4) is 0 Å². The van der Waals surface area contributed by atoms with Crippen molar-refractivity contribution in [3.63, 3.8) is 0 Å². The largest absolute Gasteiger partial charge is 0.355 e. The molecule has 1 saturated heterocycles. The van der Waals surface area contributed by atoms with Crippen molar-refractivity contribution in [3.05, 3.63) is 46.9 Å². The first-order chi connectivity index (χ1) is 9.47. The number of hydrogen-bond acceptors (Lipinski definition) is 2. The van der Waals surface area contributed by atoms with Gasteiger partial charge in [0, 0.05) is 12.6 Å². The Morgan fingerprint density at radius 2 is 2.10 bits per heavy atom. The third kappa shape index (κ3) is 3.74. The average molecular weight is 297 g/mol. The topological polar surface area (TPSA) is 6.48 Å². The van der Waals surface area contributed by atoms with E-state index in [-0.39, 0.29) is 5.82 Å². The van der Waals surface area contributed by atoms with Crippen LogP contribution in [0.15, 0.2) is 29.9 Å². The van der Waals surface area contributed by atoms with Gasteiger partial charge in [0.25, 0.3) is 0 Å². The van der Waals surface area contributed by atoms with Crippen LogP contribution < -0.4 is 0 Å². The summed E-state index contributed by atoms with van der Waals surface area (Å²) < 4.78 is 13.2. The maximum atomic E-state index is 13.2. The Bertz CT molecular complexity index is 481. The molecule has 1 aliphatic heterocycles. The van der Waals surface area contributed by atoms with Crippen LogP contribution in [-0.4, -0.2) is 36.0 Å². The predicted molar refractivity (Wildman–Crippen MR) is 82.2 cm³/mol. The fourth-order valence-corrected chi connectivity index (χ4v) is 2.94. The lowest BCUT2D eigenvalue weighted by molar-refractivity contribution is 0.152. The molecule has 0 radical (unpaired) electrons. The van der Waals surface area contributed by atoms with Crippen LogP contribution in [0.5, 0.6) is 0 Å². The minimum Gasteiger partial charge on any atom is -0.355 e. The maximum Gasteiger partial charge on any atom is 0.123 e. The Kier molecular flexibility index (Phi) is 5.06. The second-order valence-corrected chi connectivity index (χ2v) is 6.05. The van der Waals surface area contributed by atoms with E-state index < -0.39 is 0 Å². The number of piperidine rings is 1. The van der Waals surface area contributed by atoms with Gasteiger partial charge in [0.2, 0.25) is 0 Å². The standard InChI is InChI=1S/C16H22ClFN2/c1-12-10-15(18)5-4-14(12)11-20(13(2)17)16-6-8-19(3)9-7-16/h4-5,10,16H,2,6-9,11H2,1,3H3. The Balaban J connectivity index is 2.11. The van der Waals surface area contributed by atoms with Crippen molar-refractivity contribution in [1.29, 1.82) is 0 Å². The molecule has 0 amide bonds. The van der Waals surface area contributed by atoms with Crippen molar-refractivity contribution in [2.75, 3.05) is 20.1 Å². The molecule has 20 heavy (non-hydrogen) atoms.